The molecule has 1 N–H and O–H groups in total. The van der Waals surface area contributed by atoms with Crippen LogP contribution in [0.15, 0.2) is 66.9 Å². The number of hydrogen-bond acceptors (Lipinski definition) is 3. The van der Waals surface area contributed by atoms with Gasteiger partial charge in [0.05, 0.1) is 28.1 Å². The maximum Gasteiger partial charge on any atom is 0.272 e. The Hall–Kier alpha value is -3.48. The quantitative estimate of drug-likeness (QED) is 0.270. The summed E-state index contributed by atoms with van der Waals surface area (Å²) >= 11 is 12.8. The molecule has 0 aliphatic heterocycles. The molecule has 0 radical (unpaired) electrons. The summed E-state index contributed by atoms with van der Waals surface area (Å²) in [7, 11) is 0. The molecule has 0 saturated carbocycles. The number of hydrogen-bond donors (Lipinski definition) is 1. The van der Waals surface area contributed by atoms with E-state index in [9.17, 15) is 9.18 Å². The van der Waals surface area contributed by atoms with Crippen LogP contribution in [0.3, 0.4) is 0 Å². The molecule has 37 heavy (non-hydrogen) atoms. The Kier molecular flexibility index (Phi) is 7.40. The third-order valence-electron chi connectivity index (χ3n) is 6.45. The van der Waals surface area contributed by atoms with Crippen LogP contribution in [0.4, 0.5) is 4.39 Å². The number of fused-ring (bicyclic) bond motifs is 1. The highest BCUT2D eigenvalue weighted by Gasteiger charge is 2.29. The lowest BCUT2D eigenvalue weighted by atomic mass is 10.0. The van der Waals surface area contributed by atoms with Crippen molar-refractivity contribution in [2.75, 3.05) is 0 Å². The molecule has 1 atom stereocenters. The van der Waals surface area contributed by atoms with Crippen LogP contribution >= 0.6 is 23.2 Å². The molecule has 8 heteroatoms. The van der Waals surface area contributed by atoms with Crippen LogP contribution in [0.2, 0.25) is 10.0 Å². The Morgan fingerprint density at radius 1 is 1.08 bits per heavy atom. The van der Waals surface area contributed by atoms with Gasteiger partial charge in [0.15, 0.2) is 5.69 Å². The predicted molar refractivity (Wildman–Crippen MR) is 146 cm³/mol. The van der Waals surface area contributed by atoms with Gasteiger partial charge in [-0.1, -0.05) is 41.4 Å². The van der Waals surface area contributed by atoms with Crippen molar-refractivity contribution in [2.45, 2.75) is 38.6 Å². The molecule has 5 nitrogen and oxygen atoms in total. The highest BCUT2D eigenvalue weighted by atomic mass is 35.5. The highest BCUT2D eigenvalue weighted by molar-refractivity contribution is 6.35. The Morgan fingerprint density at radius 2 is 1.86 bits per heavy atom. The molecule has 1 aliphatic rings. The fourth-order valence-corrected chi connectivity index (χ4v) is 5.12. The van der Waals surface area contributed by atoms with Gasteiger partial charge in [-0.25, -0.2) is 9.07 Å². The molecule has 4 aromatic rings. The molecule has 1 unspecified atom stereocenters. The molecule has 2 aromatic carbocycles. The van der Waals surface area contributed by atoms with Crippen molar-refractivity contribution in [3.8, 4) is 5.69 Å². The van der Waals surface area contributed by atoms with Crippen LogP contribution in [0.5, 0.6) is 0 Å². The fourth-order valence-electron chi connectivity index (χ4n) is 4.63. The first-order chi connectivity index (χ1) is 17.9. The Balaban J connectivity index is 1.64. The topological polar surface area (TPSA) is 59.8 Å². The number of rotatable bonds is 5. The number of pyridine rings is 1. The van der Waals surface area contributed by atoms with E-state index in [4.69, 9.17) is 28.3 Å². The van der Waals surface area contributed by atoms with Crippen LogP contribution in [0.1, 0.15) is 65.2 Å². The standard InChI is InChI=1S/C29H25Cl2FN4O/c1-18(25-8-4-5-15-33-25)34-29(37)27-23-7-3-2-6-20(16-19-9-12-22(32)13-10-19)28(23)36(35-27)26-14-11-21(30)17-24(26)31/h4-5,8-18H,2-3,6-7H2,1H3,(H,34,37)/b20-16+. The summed E-state index contributed by atoms with van der Waals surface area (Å²) < 4.78 is 15.3. The second kappa shape index (κ2) is 10.9. The second-order valence-electron chi connectivity index (χ2n) is 9.06. The number of carbonyl (C=O) groups excluding carboxylic acids is 1. The number of benzene rings is 2. The maximum atomic E-state index is 13.6. The Labute approximate surface area is 225 Å². The molecule has 0 bridgehead atoms. The normalized spacial score (nSPS) is 15.2. The van der Waals surface area contributed by atoms with Crippen molar-refractivity contribution in [2.24, 2.45) is 0 Å². The minimum Gasteiger partial charge on any atom is -0.343 e. The van der Waals surface area contributed by atoms with Gasteiger partial charge in [-0.2, -0.15) is 5.10 Å². The van der Waals surface area contributed by atoms with Crippen molar-refractivity contribution in [1.82, 2.24) is 20.1 Å². The summed E-state index contributed by atoms with van der Waals surface area (Å²) in [6.07, 6.45) is 7.07. The molecule has 0 saturated heterocycles. The monoisotopic (exact) mass is 534 g/mol. The molecule has 188 valence electrons. The van der Waals surface area contributed by atoms with E-state index in [0.29, 0.717) is 27.8 Å². The zero-order valence-corrected chi connectivity index (χ0v) is 21.7. The molecule has 0 fully saturated rings. The number of nitrogens with zero attached hydrogens (tertiary/aromatic N) is 3. The van der Waals surface area contributed by atoms with E-state index in [1.807, 2.05) is 31.2 Å². The maximum absolute atomic E-state index is 13.6. The van der Waals surface area contributed by atoms with Gasteiger partial charge < -0.3 is 5.32 Å². The molecule has 2 aromatic heterocycles. The van der Waals surface area contributed by atoms with Crippen molar-refractivity contribution in [1.29, 1.82) is 0 Å². The van der Waals surface area contributed by atoms with E-state index in [1.165, 1.54) is 12.1 Å². The first kappa shape index (κ1) is 25.2. The average Bonchev–Trinajstić information content (AvgIpc) is 3.14. The van der Waals surface area contributed by atoms with Crippen molar-refractivity contribution in [3.63, 3.8) is 0 Å². The molecule has 0 spiro atoms. The number of halogens is 3. The van der Waals surface area contributed by atoms with E-state index < -0.39 is 0 Å². The lowest BCUT2D eigenvalue weighted by Crippen LogP contribution is -2.28. The summed E-state index contributed by atoms with van der Waals surface area (Å²) in [6, 6.07) is 16.9. The Bertz CT molecular complexity index is 1470. The molecule has 5 rings (SSSR count). The van der Waals surface area contributed by atoms with Crippen LogP contribution in [-0.4, -0.2) is 20.7 Å². The van der Waals surface area contributed by atoms with Crippen molar-refractivity contribution >= 4 is 40.8 Å². The molecule has 2 heterocycles. The number of nitrogens with one attached hydrogen (secondary N) is 1. The lowest BCUT2D eigenvalue weighted by molar-refractivity contribution is 0.0932. The average molecular weight is 535 g/mol. The summed E-state index contributed by atoms with van der Waals surface area (Å²) in [5, 5.41) is 8.79. The van der Waals surface area contributed by atoms with Gasteiger partial charge in [0, 0.05) is 16.8 Å². The SMILES string of the molecule is CC(NC(=O)c1nn(-c2ccc(Cl)cc2Cl)c2c1CCCC/C2=C\c1ccc(F)cc1)c1ccccn1. The zero-order valence-electron chi connectivity index (χ0n) is 20.2. The first-order valence-electron chi connectivity index (χ1n) is 12.2. The summed E-state index contributed by atoms with van der Waals surface area (Å²) in [4.78, 5) is 17.9. The highest BCUT2D eigenvalue weighted by Crippen LogP contribution is 2.37. The third-order valence-corrected chi connectivity index (χ3v) is 6.99. The molecule has 1 aliphatic carbocycles. The van der Waals surface area contributed by atoms with Gasteiger partial charge in [0.1, 0.15) is 5.82 Å². The van der Waals surface area contributed by atoms with Gasteiger partial charge in [0.2, 0.25) is 0 Å². The molecular formula is C29H25Cl2FN4O. The minimum absolute atomic E-state index is 0.277. The Morgan fingerprint density at radius 3 is 2.59 bits per heavy atom. The zero-order chi connectivity index (χ0) is 25.9. The van der Waals surface area contributed by atoms with Gasteiger partial charge in [-0.15, -0.1) is 0 Å². The van der Waals surface area contributed by atoms with Crippen molar-refractivity contribution in [3.05, 3.63) is 111 Å². The number of carbonyl (C=O) groups is 1. The van der Waals surface area contributed by atoms with E-state index in [0.717, 1.165) is 47.4 Å². The third kappa shape index (κ3) is 5.45. The number of allylic oxidation sites excluding steroid dienone is 1. The van der Waals surface area contributed by atoms with Crippen LogP contribution in [0, 0.1) is 5.82 Å². The summed E-state index contributed by atoms with van der Waals surface area (Å²) in [5.41, 5.74) is 5.33. The van der Waals surface area contributed by atoms with Gasteiger partial charge >= 0.3 is 0 Å². The van der Waals surface area contributed by atoms with Gasteiger partial charge in [0.25, 0.3) is 5.91 Å². The predicted octanol–water partition coefficient (Wildman–Crippen LogP) is 7.47. The smallest absolute Gasteiger partial charge is 0.272 e. The van der Waals surface area contributed by atoms with Gasteiger partial charge in [-0.3, -0.25) is 9.78 Å². The van der Waals surface area contributed by atoms with E-state index >= 15 is 0 Å². The van der Waals surface area contributed by atoms with Crippen molar-refractivity contribution < 1.29 is 9.18 Å². The van der Waals surface area contributed by atoms with E-state index in [1.54, 1.807) is 41.2 Å². The number of aromatic nitrogens is 3. The molecule has 1 amide bonds. The van der Waals surface area contributed by atoms with Gasteiger partial charge in [-0.05, 0) is 92.3 Å². The van der Waals surface area contributed by atoms with Crippen LogP contribution < -0.4 is 5.32 Å². The first-order valence-corrected chi connectivity index (χ1v) is 12.9. The number of amides is 1. The second-order valence-corrected chi connectivity index (χ2v) is 9.90. The lowest BCUT2D eigenvalue weighted by Gasteiger charge is -2.13. The summed E-state index contributed by atoms with van der Waals surface area (Å²) in [6.45, 7) is 1.89. The van der Waals surface area contributed by atoms with Crippen LogP contribution in [-0.2, 0) is 6.42 Å². The van der Waals surface area contributed by atoms with E-state index in [-0.39, 0.29) is 17.8 Å². The van der Waals surface area contributed by atoms with Crippen LogP contribution in [0.25, 0.3) is 17.3 Å². The minimum atomic E-state index is -0.298. The largest absolute Gasteiger partial charge is 0.343 e. The fraction of sp³-hybridized carbons (Fsp3) is 0.207. The summed E-state index contributed by atoms with van der Waals surface area (Å²) in [5.74, 6) is -0.566. The molecular weight excluding hydrogens is 510 g/mol. The van der Waals surface area contributed by atoms with E-state index in [2.05, 4.69) is 10.3 Å².